The Morgan fingerprint density at radius 1 is 1.22 bits per heavy atom. The van der Waals surface area contributed by atoms with Gasteiger partial charge in [0.1, 0.15) is 0 Å². The lowest BCUT2D eigenvalue weighted by Crippen LogP contribution is -2.46. The molecule has 1 aromatic carbocycles. The third-order valence-corrected chi connectivity index (χ3v) is 6.77. The van der Waals surface area contributed by atoms with Crippen molar-refractivity contribution in [1.82, 2.24) is 9.80 Å². The van der Waals surface area contributed by atoms with Gasteiger partial charge in [0.05, 0.1) is 12.0 Å². The molecule has 2 N–H and O–H groups in total. The van der Waals surface area contributed by atoms with Crippen molar-refractivity contribution < 1.29 is 14.7 Å². The molecule has 4 rings (SSSR count). The van der Waals surface area contributed by atoms with Gasteiger partial charge in [-0.15, -0.1) is 0 Å². The summed E-state index contributed by atoms with van der Waals surface area (Å²) < 4.78 is 0. The van der Waals surface area contributed by atoms with E-state index < -0.39 is 5.41 Å². The predicted octanol–water partition coefficient (Wildman–Crippen LogP) is 1.87. The summed E-state index contributed by atoms with van der Waals surface area (Å²) in [6, 6.07) is 6.35. The summed E-state index contributed by atoms with van der Waals surface area (Å²) in [5.41, 5.74) is 2.40. The third kappa shape index (κ3) is 3.25. The molecule has 0 radical (unpaired) electrons. The highest BCUT2D eigenvalue weighted by atomic mass is 16.3. The van der Waals surface area contributed by atoms with Gasteiger partial charge in [0.15, 0.2) is 0 Å². The first-order valence-electron chi connectivity index (χ1n) is 10.1. The number of amides is 2. The van der Waals surface area contributed by atoms with E-state index in [2.05, 4.69) is 10.2 Å². The van der Waals surface area contributed by atoms with E-state index in [-0.39, 0.29) is 18.4 Å². The fourth-order valence-corrected chi connectivity index (χ4v) is 5.15. The topological polar surface area (TPSA) is 72.9 Å². The van der Waals surface area contributed by atoms with Crippen molar-refractivity contribution in [1.29, 1.82) is 0 Å². The molecule has 2 amide bonds. The van der Waals surface area contributed by atoms with Crippen molar-refractivity contribution in [3.8, 4) is 0 Å². The number of nitrogens with one attached hydrogen (secondary N) is 1. The van der Waals surface area contributed by atoms with Crippen LogP contribution in [0.15, 0.2) is 18.2 Å². The van der Waals surface area contributed by atoms with Gasteiger partial charge in [-0.05, 0) is 49.3 Å². The number of anilines is 1. The van der Waals surface area contributed by atoms with Crippen LogP contribution in [-0.4, -0.2) is 58.9 Å². The van der Waals surface area contributed by atoms with Crippen molar-refractivity contribution in [2.24, 2.45) is 0 Å². The van der Waals surface area contributed by atoms with Gasteiger partial charge in [-0.2, -0.15) is 0 Å². The molecule has 1 aromatic rings. The van der Waals surface area contributed by atoms with Crippen molar-refractivity contribution >= 4 is 17.5 Å². The van der Waals surface area contributed by atoms with Gasteiger partial charge in [-0.25, -0.2) is 0 Å². The second-order valence-corrected chi connectivity index (χ2v) is 8.20. The molecule has 2 aliphatic heterocycles. The maximum Gasteiger partial charge on any atom is 0.235 e. The van der Waals surface area contributed by atoms with Crippen LogP contribution in [0.2, 0.25) is 0 Å². The Morgan fingerprint density at radius 2 is 2.00 bits per heavy atom. The number of rotatable bonds is 2. The zero-order valence-corrected chi connectivity index (χ0v) is 16.0. The number of fused-ring (bicyclic) bond motifs is 2. The SMILES string of the molecule is CC(=O)N1CCCN(C2CCC3(CC2)C(=O)Nc2cc(CO)ccc23)CC1. The highest BCUT2D eigenvalue weighted by molar-refractivity contribution is 6.06. The number of hydrogen-bond acceptors (Lipinski definition) is 4. The van der Waals surface area contributed by atoms with E-state index in [1.165, 1.54) is 0 Å². The summed E-state index contributed by atoms with van der Waals surface area (Å²) in [5.74, 6) is 0.283. The zero-order valence-electron chi connectivity index (χ0n) is 16.0. The van der Waals surface area contributed by atoms with E-state index in [1.807, 2.05) is 23.1 Å². The monoisotopic (exact) mass is 371 g/mol. The second-order valence-electron chi connectivity index (χ2n) is 8.20. The molecular weight excluding hydrogens is 342 g/mol. The lowest BCUT2D eigenvalue weighted by Gasteiger charge is -2.40. The van der Waals surface area contributed by atoms with Crippen LogP contribution < -0.4 is 5.32 Å². The van der Waals surface area contributed by atoms with E-state index in [0.717, 1.165) is 75.1 Å². The smallest absolute Gasteiger partial charge is 0.235 e. The van der Waals surface area contributed by atoms with Crippen LogP contribution in [0.4, 0.5) is 5.69 Å². The van der Waals surface area contributed by atoms with Crippen LogP contribution in [0, 0.1) is 0 Å². The van der Waals surface area contributed by atoms with Gasteiger partial charge in [-0.1, -0.05) is 12.1 Å². The van der Waals surface area contributed by atoms with E-state index >= 15 is 0 Å². The molecule has 146 valence electrons. The molecule has 0 atom stereocenters. The van der Waals surface area contributed by atoms with Crippen molar-refractivity contribution in [2.45, 2.75) is 57.1 Å². The van der Waals surface area contributed by atoms with Gasteiger partial charge in [0.25, 0.3) is 0 Å². The molecule has 3 aliphatic rings. The van der Waals surface area contributed by atoms with Gasteiger partial charge >= 0.3 is 0 Å². The van der Waals surface area contributed by atoms with Crippen molar-refractivity contribution in [3.05, 3.63) is 29.3 Å². The first-order chi connectivity index (χ1) is 13.0. The average Bonchev–Trinajstić information content (AvgIpc) is 2.84. The van der Waals surface area contributed by atoms with Crippen LogP contribution in [0.1, 0.15) is 50.2 Å². The zero-order chi connectivity index (χ0) is 19.0. The Balaban J connectivity index is 1.45. The van der Waals surface area contributed by atoms with Crippen LogP contribution in [0.3, 0.4) is 0 Å². The molecule has 1 aliphatic carbocycles. The molecule has 1 spiro atoms. The minimum Gasteiger partial charge on any atom is -0.392 e. The first kappa shape index (κ1) is 18.4. The lowest BCUT2D eigenvalue weighted by molar-refractivity contribution is -0.128. The normalized spacial score (nSPS) is 28.7. The van der Waals surface area contributed by atoms with Crippen molar-refractivity contribution in [3.63, 3.8) is 0 Å². The van der Waals surface area contributed by atoms with Crippen LogP contribution in [0.25, 0.3) is 0 Å². The average molecular weight is 371 g/mol. The molecule has 0 bridgehead atoms. The number of carbonyl (C=O) groups excluding carboxylic acids is 2. The summed E-state index contributed by atoms with van der Waals surface area (Å²) in [7, 11) is 0. The van der Waals surface area contributed by atoms with Crippen molar-refractivity contribution in [2.75, 3.05) is 31.5 Å². The molecule has 27 heavy (non-hydrogen) atoms. The fourth-order valence-electron chi connectivity index (χ4n) is 5.15. The Labute approximate surface area is 160 Å². The van der Waals surface area contributed by atoms with Gasteiger partial charge in [-0.3, -0.25) is 14.5 Å². The van der Waals surface area contributed by atoms with Gasteiger partial charge in [0.2, 0.25) is 11.8 Å². The quantitative estimate of drug-likeness (QED) is 0.832. The highest BCUT2D eigenvalue weighted by Gasteiger charge is 2.49. The minimum absolute atomic E-state index is 0.00946. The summed E-state index contributed by atoms with van der Waals surface area (Å²) in [6.45, 7) is 5.27. The molecule has 6 heteroatoms. The number of carbonyl (C=O) groups is 2. The maximum atomic E-state index is 12.8. The Morgan fingerprint density at radius 3 is 2.70 bits per heavy atom. The Bertz CT molecular complexity index is 740. The Hall–Kier alpha value is -1.92. The number of hydrogen-bond donors (Lipinski definition) is 2. The molecule has 0 aromatic heterocycles. The summed E-state index contributed by atoms with van der Waals surface area (Å²) in [5, 5.41) is 12.4. The minimum atomic E-state index is -0.406. The van der Waals surface area contributed by atoms with E-state index in [0.29, 0.717) is 6.04 Å². The third-order valence-electron chi connectivity index (χ3n) is 6.77. The van der Waals surface area contributed by atoms with Gasteiger partial charge in [0, 0.05) is 44.8 Å². The van der Waals surface area contributed by atoms with E-state index in [4.69, 9.17) is 0 Å². The maximum absolute atomic E-state index is 12.8. The first-order valence-corrected chi connectivity index (χ1v) is 10.1. The molecule has 1 saturated heterocycles. The molecule has 1 saturated carbocycles. The Kier molecular flexibility index (Phi) is 4.95. The number of aliphatic hydroxyl groups excluding tert-OH is 1. The molecular formula is C21H29N3O3. The number of nitrogens with zero attached hydrogens (tertiary/aromatic N) is 2. The lowest BCUT2D eigenvalue weighted by atomic mass is 9.68. The largest absolute Gasteiger partial charge is 0.392 e. The predicted molar refractivity (Wildman–Crippen MR) is 103 cm³/mol. The fraction of sp³-hybridized carbons (Fsp3) is 0.619. The highest BCUT2D eigenvalue weighted by Crippen LogP contribution is 2.48. The summed E-state index contributed by atoms with van der Waals surface area (Å²) >= 11 is 0. The molecule has 2 heterocycles. The second kappa shape index (κ2) is 7.24. The molecule has 2 fully saturated rings. The van der Waals surface area contributed by atoms with Crippen LogP contribution in [-0.2, 0) is 21.6 Å². The number of aliphatic hydroxyl groups is 1. The van der Waals surface area contributed by atoms with E-state index in [9.17, 15) is 14.7 Å². The van der Waals surface area contributed by atoms with E-state index in [1.54, 1.807) is 6.92 Å². The van der Waals surface area contributed by atoms with Crippen LogP contribution >= 0.6 is 0 Å². The summed E-state index contributed by atoms with van der Waals surface area (Å²) in [4.78, 5) is 29.0. The standard InChI is InChI=1S/C21H29N3O3/c1-15(26)23-9-2-10-24(12-11-23)17-5-7-21(8-6-17)18-4-3-16(14-25)13-19(18)22-20(21)27/h3-4,13,17,25H,2,5-12,14H2,1H3,(H,22,27). The molecule has 0 unspecified atom stereocenters. The molecule has 6 nitrogen and oxygen atoms in total. The summed E-state index contributed by atoms with van der Waals surface area (Å²) in [6.07, 6.45) is 4.77. The van der Waals surface area contributed by atoms with Crippen LogP contribution in [0.5, 0.6) is 0 Å². The van der Waals surface area contributed by atoms with Gasteiger partial charge < -0.3 is 15.3 Å². The number of benzene rings is 1.